The number of carbonyl (C=O) groups excluding carboxylic acids is 1. The van der Waals surface area contributed by atoms with Crippen LogP contribution in [0.5, 0.6) is 0 Å². The molecule has 0 aliphatic carbocycles. The second-order valence-corrected chi connectivity index (χ2v) is 12.0. The number of carboxylic acids is 1. The maximum Gasteiger partial charge on any atom is 0.303 e. The predicted octanol–water partition coefficient (Wildman–Crippen LogP) is 7.76. The van der Waals surface area contributed by atoms with Gasteiger partial charge >= 0.3 is 5.97 Å². The SMILES string of the molecule is C=C(c1csc2ccccc12)N1CCC1(Cc1ccc(Cl)cc1)C(=O)N(CCCC(=O)O)Cc1cccc(Cl)c1. The molecule has 0 saturated carbocycles. The average molecular weight is 594 g/mol. The van der Waals surface area contributed by atoms with Gasteiger partial charge in [0.2, 0.25) is 5.91 Å². The van der Waals surface area contributed by atoms with Gasteiger partial charge in [-0.25, -0.2) is 0 Å². The van der Waals surface area contributed by atoms with Gasteiger partial charge < -0.3 is 14.9 Å². The number of hydrogen-bond acceptors (Lipinski definition) is 4. The Labute approximate surface area is 248 Å². The van der Waals surface area contributed by atoms with Crippen LogP contribution in [0.3, 0.4) is 0 Å². The van der Waals surface area contributed by atoms with Crippen LogP contribution in [0.2, 0.25) is 10.0 Å². The zero-order valence-corrected chi connectivity index (χ0v) is 24.3. The number of halogens is 2. The van der Waals surface area contributed by atoms with E-state index in [4.69, 9.17) is 23.2 Å². The molecule has 3 aromatic carbocycles. The van der Waals surface area contributed by atoms with E-state index in [1.165, 1.54) is 4.70 Å². The first kappa shape index (κ1) is 28.2. The van der Waals surface area contributed by atoms with Crippen molar-refractivity contribution in [2.75, 3.05) is 13.1 Å². The van der Waals surface area contributed by atoms with E-state index in [1.807, 2.05) is 54.6 Å². The van der Waals surface area contributed by atoms with Crippen LogP contribution < -0.4 is 0 Å². The van der Waals surface area contributed by atoms with E-state index in [9.17, 15) is 14.7 Å². The number of fused-ring (bicyclic) bond motifs is 1. The molecule has 40 heavy (non-hydrogen) atoms. The van der Waals surface area contributed by atoms with E-state index >= 15 is 0 Å². The Balaban J connectivity index is 1.52. The minimum absolute atomic E-state index is 0.0131. The smallest absolute Gasteiger partial charge is 0.303 e. The third kappa shape index (κ3) is 5.90. The summed E-state index contributed by atoms with van der Waals surface area (Å²) in [6.45, 7) is 5.84. The number of rotatable bonds is 11. The van der Waals surface area contributed by atoms with E-state index < -0.39 is 11.5 Å². The first-order valence-corrected chi connectivity index (χ1v) is 14.8. The van der Waals surface area contributed by atoms with Crippen LogP contribution in [0.1, 0.15) is 36.0 Å². The molecular weight excluding hydrogens is 563 g/mol. The third-order valence-corrected chi connectivity index (χ3v) is 9.01. The summed E-state index contributed by atoms with van der Waals surface area (Å²) in [4.78, 5) is 29.9. The van der Waals surface area contributed by atoms with E-state index in [2.05, 4.69) is 29.0 Å². The maximum atomic E-state index is 14.7. The van der Waals surface area contributed by atoms with Crippen molar-refractivity contribution in [1.82, 2.24) is 9.80 Å². The van der Waals surface area contributed by atoms with E-state index in [1.54, 1.807) is 22.3 Å². The molecule has 1 atom stereocenters. The van der Waals surface area contributed by atoms with Crippen LogP contribution in [0, 0.1) is 0 Å². The first-order chi connectivity index (χ1) is 19.3. The molecule has 5 nitrogen and oxygen atoms in total. The number of aliphatic carboxylic acids is 1. The Hall–Kier alpha value is -3.32. The van der Waals surface area contributed by atoms with Crippen LogP contribution in [0.25, 0.3) is 15.8 Å². The molecule has 1 unspecified atom stereocenters. The Kier molecular flexibility index (Phi) is 8.50. The largest absolute Gasteiger partial charge is 0.481 e. The van der Waals surface area contributed by atoms with E-state index in [0.29, 0.717) is 48.9 Å². The fourth-order valence-electron chi connectivity index (χ4n) is 5.48. The van der Waals surface area contributed by atoms with Crippen molar-refractivity contribution < 1.29 is 14.7 Å². The zero-order chi connectivity index (χ0) is 28.3. The molecule has 1 fully saturated rings. The Morgan fingerprint density at radius 3 is 2.48 bits per heavy atom. The van der Waals surface area contributed by atoms with Gasteiger partial charge in [-0.3, -0.25) is 9.59 Å². The van der Waals surface area contributed by atoms with Crippen molar-refractivity contribution >= 4 is 62.2 Å². The number of hydrogen-bond donors (Lipinski definition) is 1. The highest BCUT2D eigenvalue weighted by Crippen LogP contribution is 2.44. The molecule has 1 aromatic heterocycles. The number of likely N-dealkylation sites (tertiary alicyclic amines) is 1. The van der Waals surface area contributed by atoms with Gasteiger partial charge in [0.1, 0.15) is 5.54 Å². The summed E-state index contributed by atoms with van der Waals surface area (Å²) >= 11 is 14.1. The van der Waals surface area contributed by atoms with Gasteiger partial charge in [0, 0.05) is 69.2 Å². The van der Waals surface area contributed by atoms with Crippen molar-refractivity contribution in [1.29, 1.82) is 0 Å². The lowest BCUT2D eigenvalue weighted by atomic mass is 9.76. The van der Waals surface area contributed by atoms with Crippen LogP contribution in [0.4, 0.5) is 0 Å². The fraction of sp³-hybridized carbons (Fsp3) is 0.250. The predicted molar refractivity (Wildman–Crippen MR) is 164 cm³/mol. The molecule has 0 spiro atoms. The number of nitrogens with zero attached hydrogens (tertiary/aromatic N) is 2. The van der Waals surface area contributed by atoms with Crippen LogP contribution in [-0.4, -0.2) is 45.4 Å². The lowest BCUT2D eigenvalue weighted by Gasteiger charge is -2.55. The zero-order valence-electron chi connectivity index (χ0n) is 22.0. The number of thiophene rings is 1. The molecule has 1 amide bonds. The Morgan fingerprint density at radius 1 is 1.00 bits per heavy atom. The molecular formula is C32H30Cl2N2O3S. The molecule has 1 N–H and O–H groups in total. The average Bonchev–Trinajstić information content (AvgIpc) is 3.35. The van der Waals surface area contributed by atoms with Gasteiger partial charge in [-0.2, -0.15) is 0 Å². The van der Waals surface area contributed by atoms with Crippen molar-refractivity contribution in [2.45, 2.75) is 37.8 Å². The molecule has 206 valence electrons. The van der Waals surface area contributed by atoms with Crippen LogP contribution >= 0.6 is 34.5 Å². The highest BCUT2D eigenvalue weighted by molar-refractivity contribution is 7.17. The van der Waals surface area contributed by atoms with Gasteiger partial charge in [-0.15, -0.1) is 11.3 Å². The molecule has 1 saturated heterocycles. The molecule has 5 rings (SSSR count). The highest BCUT2D eigenvalue weighted by Gasteiger charge is 2.53. The Bertz CT molecular complexity index is 1550. The standard InChI is InChI=1S/C32H30Cl2N2O3S/c1-22(28-21-40-29-9-3-2-8-27(28)29)36-17-15-32(36,19-23-11-13-25(33)14-12-23)31(39)35(16-5-10-30(37)38)20-24-6-4-7-26(34)18-24/h2-4,6-9,11-14,18,21H,1,5,10,15-17,19-20H2,(H,37,38). The van der Waals surface area contributed by atoms with E-state index in [0.717, 1.165) is 27.8 Å². The number of carbonyl (C=O) groups is 2. The van der Waals surface area contributed by atoms with Crippen molar-refractivity contribution in [2.24, 2.45) is 0 Å². The number of carboxylic acid groups (broad SMARTS) is 1. The lowest BCUT2D eigenvalue weighted by molar-refractivity contribution is -0.151. The summed E-state index contributed by atoms with van der Waals surface area (Å²) < 4.78 is 1.17. The molecule has 8 heteroatoms. The summed E-state index contributed by atoms with van der Waals surface area (Å²) in [5.74, 6) is -0.922. The first-order valence-electron chi connectivity index (χ1n) is 13.2. The fourth-order valence-corrected chi connectivity index (χ4v) is 6.79. The molecule has 1 aliphatic rings. The molecule has 4 aromatic rings. The maximum absolute atomic E-state index is 14.7. The highest BCUT2D eigenvalue weighted by atomic mass is 35.5. The quantitative estimate of drug-likeness (QED) is 0.193. The number of benzene rings is 3. The van der Waals surface area contributed by atoms with Crippen LogP contribution in [0.15, 0.2) is 84.8 Å². The number of amides is 1. The second-order valence-electron chi connectivity index (χ2n) is 10.2. The molecule has 0 radical (unpaired) electrons. The van der Waals surface area contributed by atoms with Gasteiger partial charge in [0.15, 0.2) is 0 Å². The van der Waals surface area contributed by atoms with Gasteiger partial charge in [0.25, 0.3) is 0 Å². The minimum Gasteiger partial charge on any atom is -0.481 e. The molecule has 1 aliphatic heterocycles. The van der Waals surface area contributed by atoms with Gasteiger partial charge in [0.05, 0.1) is 0 Å². The summed E-state index contributed by atoms with van der Waals surface area (Å²) in [6.07, 6.45) is 1.48. The van der Waals surface area contributed by atoms with Crippen molar-refractivity contribution in [3.63, 3.8) is 0 Å². The van der Waals surface area contributed by atoms with Crippen LogP contribution in [-0.2, 0) is 22.6 Å². The molecule has 0 bridgehead atoms. The summed E-state index contributed by atoms with van der Waals surface area (Å²) in [6, 6.07) is 23.3. The second kappa shape index (κ2) is 12.0. The summed E-state index contributed by atoms with van der Waals surface area (Å²) in [5, 5.41) is 13.7. The van der Waals surface area contributed by atoms with Crippen molar-refractivity contribution in [3.8, 4) is 0 Å². The van der Waals surface area contributed by atoms with Gasteiger partial charge in [-0.1, -0.05) is 72.2 Å². The van der Waals surface area contributed by atoms with E-state index in [-0.39, 0.29) is 12.3 Å². The monoisotopic (exact) mass is 592 g/mol. The Morgan fingerprint density at radius 2 is 1.77 bits per heavy atom. The minimum atomic E-state index is -0.881. The topological polar surface area (TPSA) is 60.9 Å². The summed E-state index contributed by atoms with van der Waals surface area (Å²) in [7, 11) is 0. The molecule has 2 heterocycles. The van der Waals surface area contributed by atoms with Gasteiger partial charge in [-0.05, 0) is 54.3 Å². The lowest BCUT2D eigenvalue weighted by Crippen LogP contribution is -2.68. The third-order valence-electron chi connectivity index (χ3n) is 7.56. The van der Waals surface area contributed by atoms with Crippen molar-refractivity contribution in [3.05, 3.63) is 111 Å². The summed E-state index contributed by atoms with van der Waals surface area (Å²) in [5.41, 5.74) is 2.88. The normalized spacial score (nSPS) is 16.5.